The summed E-state index contributed by atoms with van der Waals surface area (Å²) < 4.78 is 28.1. The Bertz CT molecular complexity index is 1040. The molecule has 6 nitrogen and oxygen atoms in total. The third kappa shape index (κ3) is 4.65. The summed E-state index contributed by atoms with van der Waals surface area (Å²) >= 11 is 12.2. The van der Waals surface area contributed by atoms with Gasteiger partial charge in [-0.15, -0.1) is 0 Å². The molecule has 0 heterocycles. The van der Waals surface area contributed by atoms with Crippen LogP contribution in [0.25, 0.3) is 0 Å². The number of nitrogens with zero attached hydrogens (tertiary/aromatic N) is 1. The minimum atomic E-state index is -3.89. The molecule has 0 atom stereocenters. The maximum atomic E-state index is 12.7. The number of amides is 1. The first-order valence-corrected chi connectivity index (χ1v) is 10.9. The van der Waals surface area contributed by atoms with Crippen LogP contribution in [-0.4, -0.2) is 20.4 Å². The maximum absolute atomic E-state index is 12.7. The summed E-state index contributed by atoms with van der Waals surface area (Å²) in [5.41, 5.74) is 0.889. The van der Waals surface area contributed by atoms with Crippen molar-refractivity contribution in [1.82, 2.24) is 4.72 Å². The molecule has 2 aromatic carbocycles. The maximum Gasteiger partial charge on any atom is 0.257 e. The molecule has 0 radical (unpaired) electrons. The van der Waals surface area contributed by atoms with E-state index in [1.165, 1.54) is 12.1 Å². The van der Waals surface area contributed by atoms with Gasteiger partial charge in [0.2, 0.25) is 10.0 Å². The van der Waals surface area contributed by atoms with E-state index in [1.54, 1.807) is 24.3 Å². The topological polar surface area (TPSA) is 99.1 Å². The van der Waals surface area contributed by atoms with E-state index >= 15 is 0 Å². The molecule has 3 rings (SSSR count). The number of hydrogen-bond acceptors (Lipinski definition) is 4. The molecular formula is C19H17Cl2N3O3S. The molecule has 28 heavy (non-hydrogen) atoms. The third-order valence-electron chi connectivity index (χ3n) is 4.50. The van der Waals surface area contributed by atoms with E-state index in [1.807, 2.05) is 6.07 Å². The van der Waals surface area contributed by atoms with E-state index < -0.39 is 15.9 Å². The molecule has 0 bridgehead atoms. The fourth-order valence-electron chi connectivity index (χ4n) is 3.06. The van der Waals surface area contributed by atoms with Crippen LogP contribution in [0.5, 0.6) is 0 Å². The van der Waals surface area contributed by atoms with Crippen molar-refractivity contribution in [2.24, 2.45) is 0 Å². The number of halogens is 2. The first-order valence-electron chi connectivity index (χ1n) is 8.63. The predicted molar refractivity (Wildman–Crippen MR) is 108 cm³/mol. The Morgan fingerprint density at radius 3 is 2.32 bits per heavy atom. The van der Waals surface area contributed by atoms with Crippen molar-refractivity contribution in [3.8, 4) is 6.07 Å². The molecule has 1 fully saturated rings. The van der Waals surface area contributed by atoms with E-state index in [0.717, 1.165) is 25.7 Å². The molecule has 0 aromatic heterocycles. The van der Waals surface area contributed by atoms with Gasteiger partial charge in [0.1, 0.15) is 4.90 Å². The molecule has 0 unspecified atom stereocenters. The molecule has 9 heteroatoms. The van der Waals surface area contributed by atoms with E-state index in [-0.39, 0.29) is 26.5 Å². The lowest BCUT2D eigenvalue weighted by molar-refractivity contribution is 0.102. The Balaban J connectivity index is 1.87. The molecule has 0 aliphatic heterocycles. The number of hydrogen-bond donors (Lipinski definition) is 2. The van der Waals surface area contributed by atoms with Crippen LogP contribution in [0.15, 0.2) is 41.3 Å². The molecule has 146 valence electrons. The van der Waals surface area contributed by atoms with Gasteiger partial charge in [-0.05, 0) is 49.2 Å². The Morgan fingerprint density at radius 2 is 1.71 bits per heavy atom. The number of anilines is 1. The summed E-state index contributed by atoms with van der Waals surface area (Å²) in [6.07, 6.45) is 3.49. The van der Waals surface area contributed by atoms with Gasteiger partial charge < -0.3 is 5.32 Å². The fraction of sp³-hybridized carbons (Fsp3) is 0.263. The van der Waals surface area contributed by atoms with Crippen molar-refractivity contribution in [3.05, 3.63) is 57.6 Å². The molecule has 2 N–H and O–H groups in total. The summed E-state index contributed by atoms with van der Waals surface area (Å²) in [6.45, 7) is 0. The van der Waals surface area contributed by atoms with Crippen LogP contribution in [0.2, 0.25) is 10.0 Å². The lowest BCUT2D eigenvalue weighted by atomic mass is 10.2. The molecule has 1 aliphatic carbocycles. The molecule has 0 spiro atoms. The molecule has 2 aromatic rings. The molecule has 1 saturated carbocycles. The number of nitriles is 1. The Labute approximate surface area is 173 Å². The smallest absolute Gasteiger partial charge is 0.257 e. The lowest BCUT2D eigenvalue weighted by Crippen LogP contribution is -2.33. The van der Waals surface area contributed by atoms with Crippen molar-refractivity contribution in [2.45, 2.75) is 36.6 Å². The standard InChI is InChI=1S/C19H17Cl2N3O3S/c20-16-10-17(21)18(28(26,27)24-14-3-1-2-4-14)9-15(16)19(25)23-13-7-5-12(11-22)6-8-13/h5-10,14,24H,1-4H2,(H,23,25). The SMILES string of the molecule is N#Cc1ccc(NC(=O)c2cc(S(=O)(=O)NC3CCCC3)c(Cl)cc2Cl)cc1. The van der Waals surface area contributed by atoms with Gasteiger partial charge in [-0.1, -0.05) is 36.0 Å². The molecular weight excluding hydrogens is 421 g/mol. The van der Waals surface area contributed by atoms with Gasteiger partial charge in [0.05, 0.1) is 27.2 Å². The van der Waals surface area contributed by atoms with Crippen molar-refractivity contribution in [3.63, 3.8) is 0 Å². The zero-order valence-corrected chi connectivity index (χ0v) is 17.0. The van der Waals surface area contributed by atoms with Gasteiger partial charge in [-0.2, -0.15) is 5.26 Å². The average Bonchev–Trinajstić information content (AvgIpc) is 3.14. The highest BCUT2D eigenvalue weighted by Gasteiger charge is 2.27. The summed E-state index contributed by atoms with van der Waals surface area (Å²) in [5, 5.41) is 11.4. The van der Waals surface area contributed by atoms with E-state index in [4.69, 9.17) is 28.5 Å². The highest BCUT2D eigenvalue weighted by molar-refractivity contribution is 7.89. The molecule has 0 saturated heterocycles. The van der Waals surface area contributed by atoms with Crippen molar-refractivity contribution in [2.75, 3.05) is 5.32 Å². The summed E-state index contributed by atoms with van der Waals surface area (Å²) in [6, 6.07) is 10.5. The van der Waals surface area contributed by atoms with Crippen LogP contribution in [0.4, 0.5) is 5.69 Å². The third-order valence-corrected chi connectivity index (χ3v) is 6.80. The zero-order chi connectivity index (χ0) is 20.3. The number of nitrogens with one attached hydrogen (secondary N) is 2. The fourth-order valence-corrected chi connectivity index (χ4v) is 5.23. The van der Waals surface area contributed by atoms with Crippen LogP contribution in [0.1, 0.15) is 41.6 Å². The minimum Gasteiger partial charge on any atom is -0.322 e. The van der Waals surface area contributed by atoms with Crippen LogP contribution in [-0.2, 0) is 10.0 Å². The Morgan fingerprint density at radius 1 is 1.07 bits per heavy atom. The monoisotopic (exact) mass is 437 g/mol. The summed E-state index contributed by atoms with van der Waals surface area (Å²) in [5.74, 6) is -0.580. The summed E-state index contributed by atoms with van der Waals surface area (Å²) in [7, 11) is -3.89. The van der Waals surface area contributed by atoms with Gasteiger partial charge >= 0.3 is 0 Å². The normalized spacial score (nSPS) is 14.6. The van der Waals surface area contributed by atoms with E-state index in [2.05, 4.69) is 10.0 Å². The number of rotatable bonds is 5. The molecule has 1 aliphatic rings. The van der Waals surface area contributed by atoms with Crippen molar-refractivity contribution < 1.29 is 13.2 Å². The molecule has 1 amide bonds. The zero-order valence-electron chi connectivity index (χ0n) is 14.7. The quantitative estimate of drug-likeness (QED) is 0.726. The van der Waals surface area contributed by atoms with Crippen LogP contribution >= 0.6 is 23.2 Å². The van der Waals surface area contributed by atoms with Gasteiger partial charge in [0, 0.05) is 11.7 Å². The Hall–Kier alpha value is -2.11. The van der Waals surface area contributed by atoms with Gasteiger partial charge in [0.25, 0.3) is 5.91 Å². The van der Waals surface area contributed by atoms with Crippen LogP contribution in [0, 0.1) is 11.3 Å². The second kappa shape index (κ2) is 8.50. The van der Waals surface area contributed by atoms with Gasteiger partial charge in [-0.25, -0.2) is 13.1 Å². The lowest BCUT2D eigenvalue weighted by Gasteiger charge is -2.15. The summed E-state index contributed by atoms with van der Waals surface area (Å²) in [4.78, 5) is 12.4. The van der Waals surface area contributed by atoms with Gasteiger partial charge in [0.15, 0.2) is 0 Å². The van der Waals surface area contributed by atoms with Gasteiger partial charge in [-0.3, -0.25) is 4.79 Å². The number of sulfonamides is 1. The largest absolute Gasteiger partial charge is 0.322 e. The first kappa shape index (κ1) is 20.6. The number of benzene rings is 2. The first-order chi connectivity index (χ1) is 13.3. The highest BCUT2D eigenvalue weighted by Crippen LogP contribution is 2.30. The number of carbonyl (C=O) groups is 1. The second-order valence-electron chi connectivity index (χ2n) is 6.51. The Kier molecular flexibility index (Phi) is 6.26. The number of carbonyl (C=O) groups excluding carboxylic acids is 1. The van der Waals surface area contributed by atoms with Crippen LogP contribution in [0.3, 0.4) is 0 Å². The minimum absolute atomic E-state index is 0.0118. The highest BCUT2D eigenvalue weighted by atomic mass is 35.5. The van der Waals surface area contributed by atoms with Crippen molar-refractivity contribution in [1.29, 1.82) is 5.26 Å². The van der Waals surface area contributed by atoms with Crippen LogP contribution < -0.4 is 10.0 Å². The predicted octanol–water partition coefficient (Wildman–Crippen LogP) is 4.34. The van der Waals surface area contributed by atoms with E-state index in [0.29, 0.717) is 11.3 Å². The second-order valence-corrected chi connectivity index (χ2v) is 9.01. The van der Waals surface area contributed by atoms with Crippen molar-refractivity contribution >= 4 is 44.8 Å². The average molecular weight is 438 g/mol. The van der Waals surface area contributed by atoms with E-state index in [9.17, 15) is 13.2 Å².